The molecule has 21 heavy (non-hydrogen) atoms. The van der Waals surface area contributed by atoms with Gasteiger partial charge < -0.3 is 9.72 Å². The zero-order valence-corrected chi connectivity index (χ0v) is 10.6. The molecule has 7 heteroatoms. The Balaban J connectivity index is 2.29. The Morgan fingerprint density at radius 2 is 1.86 bits per heavy atom. The molecule has 1 aromatic carbocycles. The maximum atomic E-state index is 12.1. The Labute approximate surface area is 117 Å². The zero-order chi connectivity index (χ0) is 15.5. The highest BCUT2D eigenvalue weighted by Crippen LogP contribution is 2.26. The summed E-state index contributed by atoms with van der Waals surface area (Å²) in [6.45, 7) is 0. The fraction of sp³-hybridized carbons (Fsp3) is 0.143. The lowest BCUT2D eigenvalue weighted by atomic mass is 10.0. The second-order valence-corrected chi connectivity index (χ2v) is 4.15. The number of aromatic amines is 1. The fourth-order valence-corrected chi connectivity index (χ4v) is 1.76. The molecular weight excluding hydrogens is 285 g/mol. The molecular formula is C14H9F3N2O2. The van der Waals surface area contributed by atoms with Gasteiger partial charge in [-0.1, -0.05) is 12.1 Å². The van der Waals surface area contributed by atoms with Crippen LogP contribution in [0.1, 0.15) is 5.56 Å². The average molecular weight is 294 g/mol. The lowest BCUT2D eigenvalue weighted by Gasteiger charge is -2.09. The lowest BCUT2D eigenvalue weighted by molar-refractivity contribution is -0.274. The predicted octanol–water partition coefficient (Wildman–Crippen LogP) is 3.01. The normalized spacial score (nSPS) is 11.0. The van der Waals surface area contributed by atoms with Crippen LogP contribution in [0.4, 0.5) is 13.2 Å². The molecule has 0 fully saturated rings. The average Bonchev–Trinajstić information content (AvgIpc) is 2.41. The first kappa shape index (κ1) is 14.7. The highest BCUT2D eigenvalue weighted by Gasteiger charge is 2.30. The Kier molecular flexibility index (Phi) is 3.98. The molecule has 2 rings (SSSR count). The first-order valence-corrected chi connectivity index (χ1v) is 5.84. The van der Waals surface area contributed by atoms with E-state index < -0.39 is 6.36 Å². The van der Waals surface area contributed by atoms with Crippen LogP contribution in [0.25, 0.3) is 11.1 Å². The number of nitriles is 1. The van der Waals surface area contributed by atoms with E-state index in [-0.39, 0.29) is 17.7 Å². The molecule has 0 saturated heterocycles. The van der Waals surface area contributed by atoms with E-state index in [1.165, 1.54) is 36.5 Å². The van der Waals surface area contributed by atoms with Crippen LogP contribution in [-0.2, 0) is 6.42 Å². The number of alkyl halides is 3. The van der Waals surface area contributed by atoms with Gasteiger partial charge in [0.05, 0.1) is 12.5 Å². The summed E-state index contributed by atoms with van der Waals surface area (Å²) in [7, 11) is 0. The van der Waals surface area contributed by atoms with Crippen molar-refractivity contribution in [2.24, 2.45) is 0 Å². The quantitative estimate of drug-likeness (QED) is 0.946. The number of benzene rings is 1. The third-order valence-corrected chi connectivity index (χ3v) is 2.67. The van der Waals surface area contributed by atoms with E-state index in [1.807, 2.05) is 6.07 Å². The van der Waals surface area contributed by atoms with Crippen molar-refractivity contribution in [1.82, 2.24) is 4.98 Å². The molecule has 0 bridgehead atoms. The number of halogens is 3. The highest BCUT2D eigenvalue weighted by atomic mass is 19.4. The van der Waals surface area contributed by atoms with Crippen molar-refractivity contribution in [3.05, 3.63) is 52.4 Å². The van der Waals surface area contributed by atoms with Gasteiger partial charge in [0.15, 0.2) is 0 Å². The Morgan fingerprint density at radius 1 is 1.19 bits per heavy atom. The van der Waals surface area contributed by atoms with Crippen molar-refractivity contribution < 1.29 is 17.9 Å². The molecule has 0 saturated carbocycles. The molecule has 0 aliphatic rings. The first-order chi connectivity index (χ1) is 9.89. The number of H-pyrrole nitrogens is 1. The highest BCUT2D eigenvalue weighted by molar-refractivity contribution is 5.63. The molecule has 1 N–H and O–H groups in total. The minimum absolute atomic E-state index is 0.0432. The third-order valence-electron chi connectivity index (χ3n) is 2.67. The smallest absolute Gasteiger partial charge is 0.406 e. The van der Waals surface area contributed by atoms with E-state index in [9.17, 15) is 18.0 Å². The summed E-state index contributed by atoms with van der Waals surface area (Å²) < 4.78 is 39.9. The summed E-state index contributed by atoms with van der Waals surface area (Å²) in [5.74, 6) is -0.326. The number of aromatic nitrogens is 1. The molecule has 0 atom stereocenters. The molecule has 2 aromatic rings. The van der Waals surface area contributed by atoms with Gasteiger partial charge >= 0.3 is 6.36 Å². The third kappa shape index (κ3) is 3.86. The van der Waals surface area contributed by atoms with Gasteiger partial charge in [-0.25, -0.2) is 0 Å². The minimum Gasteiger partial charge on any atom is -0.406 e. The second kappa shape index (κ2) is 5.71. The van der Waals surface area contributed by atoms with Gasteiger partial charge in [0, 0.05) is 11.8 Å². The van der Waals surface area contributed by atoms with Crippen molar-refractivity contribution in [3.8, 4) is 22.9 Å². The standard InChI is InChI=1S/C14H9F3N2O2/c15-14(16,17)21-12-3-1-9(2-4-12)11-7-10(5-6-18)13(20)19-8-11/h1-4,7-8H,5H2,(H,19,20). The summed E-state index contributed by atoms with van der Waals surface area (Å²) in [4.78, 5) is 13.9. The van der Waals surface area contributed by atoms with Crippen LogP contribution in [0, 0.1) is 11.3 Å². The molecule has 4 nitrogen and oxygen atoms in total. The van der Waals surface area contributed by atoms with Gasteiger partial charge in [0.1, 0.15) is 5.75 Å². The van der Waals surface area contributed by atoms with Gasteiger partial charge in [-0.15, -0.1) is 13.2 Å². The summed E-state index contributed by atoms with van der Waals surface area (Å²) in [6.07, 6.45) is -3.35. The molecule has 1 heterocycles. The Hall–Kier alpha value is -2.75. The lowest BCUT2D eigenvalue weighted by Crippen LogP contribution is -2.16. The van der Waals surface area contributed by atoms with Crippen molar-refractivity contribution in [2.45, 2.75) is 12.8 Å². The largest absolute Gasteiger partial charge is 0.573 e. The van der Waals surface area contributed by atoms with E-state index in [0.29, 0.717) is 16.7 Å². The van der Waals surface area contributed by atoms with Crippen molar-refractivity contribution in [3.63, 3.8) is 0 Å². The van der Waals surface area contributed by atoms with Crippen molar-refractivity contribution >= 4 is 0 Å². The summed E-state index contributed by atoms with van der Waals surface area (Å²) in [5, 5.41) is 8.62. The maximum Gasteiger partial charge on any atom is 0.573 e. The topological polar surface area (TPSA) is 65.9 Å². The number of hydrogen-bond donors (Lipinski definition) is 1. The summed E-state index contributed by atoms with van der Waals surface area (Å²) in [5.41, 5.74) is 1.13. The zero-order valence-electron chi connectivity index (χ0n) is 10.6. The van der Waals surface area contributed by atoms with Crippen LogP contribution in [0.5, 0.6) is 5.75 Å². The number of rotatable bonds is 3. The van der Waals surface area contributed by atoms with Gasteiger partial charge in [-0.05, 0) is 29.3 Å². The predicted molar refractivity (Wildman–Crippen MR) is 68.5 cm³/mol. The van der Waals surface area contributed by atoms with Crippen molar-refractivity contribution in [2.75, 3.05) is 0 Å². The minimum atomic E-state index is -4.74. The second-order valence-electron chi connectivity index (χ2n) is 4.15. The van der Waals surface area contributed by atoms with E-state index in [4.69, 9.17) is 5.26 Å². The fourth-order valence-electron chi connectivity index (χ4n) is 1.76. The molecule has 0 radical (unpaired) electrons. The number of ether oxygens (including phenoxy) is 1. The van der Waals surface area contributed by atoms with Crippen LogP contribution in [0.3, 0.4) is 0 Å². The van der Waals surface area contributed by atoms with Gasteiger partial charge in [-0.3, -0.25) is 4.79 Å². The van der Waals surface area contributed by atoms with Crippen LogP contribution in [0.15, 0.2) is 41.3 Å². The molecule has 0 unspecified atom stereocenters. The Bertz CT molecular complexity index is 728. The molecule has 0 amide bonds. The molecule has 1 aromatic heterocycles. The van der Waals surface area contributed by atoms with E-state index >= 15 is 0 Å². The summed E-state index contributed by atoms with van der Waals surface area (Å²) in [6, 6.07) is 8.63. The van der Waals surface area contributed by atoms with Gasteiger partial charge in [0.25, 0.3) is 5.56 Å². The molecule has 0 aliphatic carbocycles. The van der Waals surface area contributed by atoms with Gasteiger partial charge in [-0.2, -0.15) is 5.26 Å². The van der Waals surface area contributed by atoms with Crippen molar-refractivity contribution in [1.29, 1.82) is 5.26 Å². The van der Waals surface area contributed by atoms with E-state index in [0.717, 1.165) is 0 Å². The molecule has 0 spiro atoms. The maximum absolute atomic E-state index is 12.1. The summed E-state index contributed by atoms with van der Waals surface area (Å²) >= 11 is 0. The van der Waals surface area contributed by atoms with Crippen LogP contribution in [-0.4, -0.2) is 11.3 Å². The monoisotopic (exact) mass is 294 g/mol. The van der Waals surface area contributed by atoms with Crippen LogP contribution in [0.2, 0.25) is 0 Å². The molecule has 108 valence electrons. The number of nitrogens with zero attached hydrogens (tertiary/aromatic N) is 1. The van der Waals surface area contributed by atoms with Crippen LogP contribution < -0.4 is 10.3 Å². The number of hydrogen-bond acceptors (Lipinski definition) is 3. The van der Waals surface area contributed by atoms with E-state index in [2.05, 4.69) is 9.72 Å². The number of nitrogens with one attached hydrogen (secondary N) is 1. The SMILES string of the molecule is N#CCc1cc(-c2ccc(OC(F)(F)F)cc2)c[nH]c1=O. The van der Waals surface area contributed by atoms with Crippen LogP contribution >= 0.6 is 0 Å². The van der Waals surface area contributed by atoms with E-state index in [1.54, 1.807) is 0 Å². The first-order valence-electron chi connectivity index (χ1n) is 5.84. The molecule has 0 aliphatic heterocycles. The van der Waals surface area contributed by atoms with Gasteiger partial charge in [0.2, 0.25) is 0 Å². The number of pyridine rings is 1. The Morgan fingerprint density at radius 3 is 2.43 bits per heavy atom.